The van der Waals surface area contributed by atoms with E-state index in [0.717, 1.165) is 9.87 Å². The second-order valence-electron chi connectivity index (χ2n) is 10.4. The first-order valence-electron chi connectivity index (χ1n) is 13.9. The Balaban J connectivity index is 1.82. The molecular weight excluding hydrogens is 641 g/mol. The van der Waals surface area contributed by atoms with Crippen molar-refractivity contribution in [1.82, 2.24) is 10.2 Å². The minimum atomic E-state index is -4.26. The summed E-state index contributed by atoms with van der Waals surface area (Å²) >= 11 is 18.9. The van der Waals surface area contributed by atoms with Crippen molar-refractivity contribution in [1.29, 1.82) is 0 Å². The van der Waals surface area contributed by atoms with Gasteiger partial charge in [0.2, 0.25) is 11.8 Å². The van der Waals surface area contributed by atoms with E-state index in [1.54, 1.807) is 42.5 Å². The second kappa shape index (κ2) is 14.9. The minimum absolute atomic E-state index is 0.0186. The van der Waals surface area contributed by atoms with Gasteiger partial charge in [-0.05, 0) is 61.4 Å². The monoisotopic (exact) mass is 671 g/mol. The highest BCUT2D eigenvalue weighted by molar-refractivity contribution is 7.92. The normalized spacial score (nSPS) is 12.0. The largest absolute Gasteiger partial charge is 0.352 e. The molecule has 1 N–H and O–H groups in total. The van der Waals surface area contributed by atoms with Crippen LogP contribution in [0.5, 0.6) is 0 Å². The van der Waals surface area contributed by atoms with E-state index >= 15 is 0 Å². The molecule has 0 saturated heterocycles. The van der Waals surface area contributed by atoms with Crippen molar-refractivity contribution < 1.29 is 18.0 Å². The summed E-state index contributed by atoms with van der Waals surface area (Å²) in [6, 6.07) is 27.2. The van der Waals surface area contributed by atoms with Crippen molar-refractivity contribution in [3.63, 3.8) is 0 Å². The summed E-state index contributed by atoms with van der Waals surface area (Å²) in [6.07, 6.45) is 0.188. The number of carbonyl (C=O) groups excluding carboxylic acids is 2. The molecule has 0 saturated carbocycles. The molecule has 0 aliphatic heterocycles. The van der Waals surface area contributed by atoms with Gasteiger partial charge >= 0.3 is 0 Å². The number of halogens is 3. The number of carbonyl (C=O) groups is 2. The Kier molecular flexibility index (Phi) is 11.3. The van der Waals surface area contributed by atoms with Crippen LogP contribution in [0.2, 0.25) is 15.1 Å². The van der Waals surface area contributed by atoms with Crippen molar-refractivity contribution >= 4 is 62.3 Å². The van der Waals surface area contributed by atoms with Crippen LogP contribution in [-0.2, 0) is 32.6 Å². The number of rotatable bonds is 12. The molecule has 230 valence electrons. The molecule has 0 spiro atoms. The molecule has 0 aromatic heterocycles. The third-order valence-corrected chi connectivity index (χ3v) is 9.70. The Bertz CT molecular complexity index is 1700. The van der Waals surface area contributed by atoms with Gasteiger partial charge in [-0.15, -0.1) is 0 Å². The van der Waals surface area contributed by atoms with Gasteiger partial charge in [-0.25, -0.2) is 8.42 Å². The molecule has 0 bridgehead atoms. The van der Waals surface area contributed by atoms with Gasteiger partial charge in [-0.3, -0.25) is 13.9 Å². The molecule has 44 heavy (non-hydrogen) atoms. The number of nitrogens with zero attached hydrogens (tertiary/aromatic N) is 2. The second-order valence-corrected chi connectivity index (χ2v) is 13.5. The molecule has 0 unspecified atom stereocenters. The third kappa shape index (κ3) is 8.33. The molecule has 1 atom stereocenters. The predicted molar refractivity (Wildman–Crippen MR) is 177 cm³/mol. The average molecular weight is 673 g/mol. The van der Waals surface area contributed by atoms with Crippen LogP contribution < -0.4 is 9.62 Å². The quantitative estimate of drug-likeness (QED) is 0.176. The molecule has 7 nitrogen and oxygen atoms in total. The van der Waals surface area contributed by atoms with Crippen LogP contribution in [0, 0.1) is 0 Å². The zero-order valence-electron chi connectivity index (χ0n) is 24.2. The van der Waals surface area contributed by atoms with Crippen molar-refractivity contribution in [2.75, 3.05) is 10.8 Å². The molecule has 2 amide bonds. The summed E-state index contributed by atoms with van der Waals surface area (Å²) in [7, 11) is -4.26. The van der Waals surface area contributed by atoms with Gasteiger partial charge in [-0.2, -0.15) is 0 Å². The Morgan fingerprint density at radius 3 is 2.00 bits per heavy atom. The number of benzene rings is 4. The number of hydrogen-bond donors (Lipinski definition) is 1. The van der Waals surface area contributed by atoms with E-state index in [9.17, 15) is 18.0 Å². The highest BCUT2D eigenvalue weighted by Crippen LogP contribution is 2.31. The smallest absolute Gasteiger partial charge is 0.264 e. The van der Waals surface area contributed by atoms with E-state index in [2.05, 4.69) is 5.32 Å². The van der Waals surface area contributed by atoms with Crippen molar-refractivity contribution in [2.45, 2.75) is 43.8 Å². The van der Waals surface area contributed by atoms with Crippen LogP contribution in [0.25, 0.3) is 0 Å². The van der Waals surface area contributed by atoms with Gasteiger partial charge in [0.1, 0.15) is 12.6 Å². The van der Waals surface area contributed by atoms with Crippen LogP contribution >= 0.6 is 34.8 Å². The molecule has 11 heteroatoms. The van der Waals surface area contributed by atoms with E-state index < -0.39 is 28.5 Å². The van der Waals surface area contributed by atoms with Gasteiger partial charge in [0.25, 0.3) is 10.0 Å². The average Bonchev–Trinajstić information content (AvgIpc) is 3.00. The summed E-state index contributed by atoms with van der Waals surface area (Å²) in [5, 5.41) is 3.68. The lowest BCUT2D eigenvalue weighted by molar-refractivity contribution is -0.140. The highest BCUT2D eigenvalue weighted by Gasteiger charge is 2.35. The number of hydrogen-bond acceptors (Lipinski definition) is 4. The molecule has 4 aromatic rings. The van der Waals surface area contributed by atoms with Crippen molar-refractivity contribution in [3.8, 4) is 0 Å². The number of amides is 2. The van der Waals surface area contributed by atoms with Gasteiger partial charge in [-0.1, -0.05) is 102 Å². The molecule has 0 fully saturated rings. The highest BCUT2D eigenvalue weighted by atomic mass is 35.5. The van der Waals surface area contributed by atoms with E-state index in [1.807, 2.05) is 44.2 Å². The first-order valence-corrected chi connectivity index (χ1v) is 16.4. The van der Waals surface area contributed by atoms with E-state index in [0.29, 0.717) is 10.6 Å². The fraction of sp³-hybridized carbons (Fsp3) is 0.212. The van der Waals surface area contributed by atoms with Crippen LogP contribution in [0.3, 0.4) is 0 Å². The van der Waals surface area contributed by atoms with Crippen LogP contribution in [-0.4, -0.2) is 43.8 Å². The van der Waals surface area contributed by atoms with Gasteiger partial charge in [0, 0.05) is 24.0 Å². The fourth-order valence-corrected chi connectivity index (χ4v) is 6.55. The lowest BCUT2D eigenvalue weighted by Gasteiger charge is -2.34. The predicted octanol–water partition coefficient (Wildman–Crippen LogP) is 7.01. The molecular formula is C33H32Cl3N3O4S. The number of sulfonamides is 1. The number of nitrogens with one attached hydrogen (secondary N) is 1. The lowest BCUT2D eigenvalue weighted by atomic mass is 10.0. The minimum Gasteiger partial charge on any atom is -0.352 e. The summed E-state index contributed by atoms with van der Waals surface area (Å²) in [6.45, 7) is 2.99. The number of anilines is 1. The van der Waals surface area contributed by atoms with E-state index in [-0.39, 0.29) is 45.5 Å². The lowest BCUT2D eigenvalue weighted by Crippen LogP contribution is -2.54. The maximum Gasteiger partial charge on any atom is 0.264 e. The van der Waals surface area contributed by atoms with Crippen LogP contribution in [0.15, 0.2) is 108 Å². The fourth-order valence-electron chi connectivity index (χ4n) is 4.63. The van der Waals surface area contributed by atoms with Crippen LogP contribution in [0.1, 0.15) is 25.0 Å². The standard InChI is InChI=1S/C33H32Cl3N3O4S/c1-23(2)37-33(41)31(19-24-11-5-3-6-12-24)38(21-25-13-9-10-16-28(25)34)32(40)22-39(26-17-18-29(35)30(36)20-26)44(42,43)27-14-7-4-8-15-27/h3-18,20,23,31H,19,21-22H2,1-2H3,(H,37,41)/t31-/m1/s1. The molecule has 0 radical (unpaired) electrons. The van der Waals surface area contributed by atoms with Gasteiger partial charge in [0.15, 0.2) is 0 Å². The summed E-state index contributed by atoms with van der Waals surface area (Å²) in [5.74, 6) is -0.994. The summed E-state index contributed by atoms with van der Waals surface area (Å²) in [4.78, 5) is 29.5. The topological polar surface area (TPSA) is 86.8 Å². The Morgan fingerprint density at radius 2 is 1.39 bits per heavy atom. The SMILES string of the molecule is CC(C)NC(=O)[C@@H](Cc1ccccc1)N(Cc1ccccc1Cl)C(=O)CN(c1ccc(Cl)c(Cl)c1)S(=O)(=O)c1ccccc1. The maximum atomic E-state index is 14.4. The zero-order valence-corrected chi connectivity index (χ0v) is 27.2. The van der Waals surface area contributed by atoms with E-state index in [4.69, 9.17) is 34.8 Å². The van der Waals surface area contributed by atoms with E-state index in [1.165, 1.54) is 35.2 Å². The Morgan fingerprint density at radius 1 is 0.773 bits per heavy atom. The third-order valence-electron chi connectivity index (χ3n) is 6.80. The van der Waals surface area contributed by atoms with Crippen molar-refractivity contribution in [3.05, 3.63) is 129 Å². The molecule has 4 rings (SSSR count). The molecule has 4 aromatic carbocycles. The Labute approximate surface area is 273 Å². The molecule has 0 aliphatic rings. The first-order chi connectivity index (χ1) is 21.0. The zero-order chi connectivity index (χ0) is 31.9. The summed E-state index contributed by atoms with van der Waals surface area (Å²) < 4.78 is 29.0. The van der Waals surface area contributed by atoms with Gasteiger partial charge in [0.05, 0.1) is 20.6 Å². The Hall–Kier alpha value is -3.56. The first kappa shape index (κ1) is 33.3. The van der Waals surface area contributed by atoms with Crippen molar-refractivity contribution in [2.24, 2.45) is 0 Å². The molecule has 0 heterocycles. The van der Waals surface area contributed by atoms with Crippen LogP contribution in [0.4, 0.5) is 5.69 Å². The maximum absolute atomic E-state index is 14.4. The summed E-state index contributed by atoms with van der Waals surface area (Å²) in [5.41, 5.74) is 1.57. The molecule has 0 aliphatic carbocycles. The van der Waals surface area contributed by atoms with Gasteiger partial charge < -0.3 is 10.2 Å².